The van der Waals surface area contributed by atoms with Gasteiger partial charge in [0.1, 0.15) is 5.75 Å². The number of benzene rings is 1. The highest BCUT2D eigenvalue weighted by atomic mass is 16.5. The number of ether oxygens (including phenoxy) is 1. The average Bonchev–Trinajstić information content (AvgIpc) is 2.66. The lowest BCUT2D eigenvalue weighted by Crippen LogP contribution is -2.21. The quantitative estimate of drug-likeness (QED) is 0.707. The molecule has 0 aromatic heterocycles. The van der Waals surface area contributed by atoms with Gasteiger partial charge in [-0.05, 0) is 18.6 Å². The van der Waals surface area contributed by atoms with Crippen LogP contribution in [-0.4, -0.2) is 31.4 Å². The standard InChI is InChI=1S/C11H16N2O2/c1-15-11-6-8(2-3-10(11)12)13-5-4-9(14)7-13/h2-3,6,9,14H,4-5,7,12H2,1H3/t9-/m1/s1. The Labute approximate surface area is 89.3 Å². The molecule has 1 heterocycles. The number of anilines is 2. The number of methoxy groups -OCH3 is 1. The topological polar surface area (TPSA) is 58.7 Å². The number of nitrogens with zero attached hydrogens (tertiary/aromatic N) is 1. The molecular formula is C11H16N2O2. The fraction of sp³-hybridized carbons (Fsp3) is 0.455. The van der Waals surface area contributed by atoms with E-state index in [9.17, 15) is 5.11 Å². The molecule has 1 atom stereocenters. The van der Waals surface area contributed by atoms with E-state index in [1.165, 1.54) is 0 Å². The van der Waals surface area contributed by atoms with Crippen molar-refractivity contribution < 1.29 is 9.84 Å². The highest BCUT2D eigenvalue weighted by Gasteiger charge is 2.20. The second kappa shape index (κ2) is 3.98. The number of hydrogen-bond donors (Lipinski definition) is 2. The van der Waals surface area contributed by atoms with Crippen LogP contribution in [0.5, 0.6) is 5.75 Å². The molecule has 1 aliphatic rings. The Morgan fingerprint density at radius 1 is 1.53 bits per heavy atom. The van der Waals surface area contributed by atoms with Crippen molar-refractivity contribution in [3.63, 3.8) is 0 Å². The highest BCUT2D eigenvalue weighted by Crippen LogP contribution is 2.29. The van der Waals surface area contributed by atoms with Crippen molar-refractivity contribution in [2.24, 2.45) is 0 Å². The second-order valence-electron chi connectivity index (χ2n) is 3.81. The molecule has 15 heavy (non-hydrogen) atoms. The van der Waals surface area contributed by atoms with E-state index in [1.54, 1.807) is 7.11 Å². The largest absolute Gasteiger partial charge is 0.495 e. The zero-order valence-electron chi connectivity index (χ0n) is 8.81. The maximum absolute atomic E-state index is 9.44. The molecule has 0 amide bonds. The first kappa shape index (κ1) is 10.1. The summed E-state index contributed by atoms with van der Waals surface area (Å²) in [6, 6.07) is 5.70. The van der Waals surface area contributed by atoms with Gasteiger partial charge in [0.2, 0.25) is 0 Å². The third kappa shape index (κ3) is 1.99. The summed E-state index contributed by atoms with van der Waals surface area (Å²) < 4.78 is 5.16. The van der Waals surface area contributed by atoms with Gasteiger partial charge in [0.15, 0.2) is 0 Å². The van der Waals surface area contributed by atoms with Gasteiger partial charge in [0.25, 0.3) is 0 Å². The van der Waals surface area contributed by atoms with E-state index in [-0.39, 0.29) is 6.10 Å². The van der Waals surface area contributed by atoms with Crippen molar-refractivity contribution >= 4 is 11.4 Å². The molecule has 0 bridgehead atoms. The second-order valence-corrected chi connectivity index (χ2v) is 3.81. The number of nitrogen functional groups attached to an aromatic ring is 1. The van der Waals surface area contributed by atoms with Crippen LogP contribution in [0.25, 0.3) is 0 Å². The Morgan fingerprint density at radius 3 is 2.93 bits per heavy atom. The van der Waals surface area contributed by atoms with Gasteiger partial charge in [0, 0.05) is 24.8 Å². The van der Waals surface area contributed by atoms with Crippen LogP contribution in [0, 0.1) is 0 Å². The van der Waals surface area contributed by atoms with Crippen LogP contribution in [0.3, 0.4) is 0 Å². The van der Waals surface area contributed by atoms with E-state index in [2.05, 4.69) is 4.90 Å². The molecular weight excluding hydrogens is 192 g/mol. The Balaban J connectivity index is 2.21. The molecule has 82 valence electrons. The molecule has 3 N–H and O–H groups in total. The monoisotopic (exact) mass is 208 g/mol. The van der Waals surface area contributed by atoms with Crippen LogP contribution in [0.1, 0.15) is 6.42 Å². The van der Waals surface area contributed by atoms with E-state index < -0.39 is 0 Å². The van der Waals surface area contributed by atoms with Crippen molar-refractivity contribution in [2.45, 2.75) is 12.5 Å². The van der Waals surface area contributed by atoms with E-state index >= 15 is 0 Å². The fourth-order valence-corrected chi connectivity index (χ4v) is 1.87. The predicted molar refractivity (Wildman–Crippen MR) is 60.2 cm³/mol. The summed E-state index contributed by atoms with van der Waals surface area (Å²) in [5, 5.41) is 9.44. The lowest BCUT2D eigenvalue weighted by atomic mass is 10.2. The van der Waals surface area contributed by atoms with Gasteiger partial charge in [-0.25, -0.2) is 0 Å². The van der Waals surface area contributed by atoms with Gasteiger partial charge in [-0.2, -0.15) is 0 Å². The first-order chi connectivity index (χ1) is 7.20. The number of nitrogens with two attached hydrogens (primary N) is 1. The highest BCUT2D eigenvalue weighted by molar-refractivity contribution is 5.62. The molecule has 1 saturated heterocycles. The summed E-state index contributed by atoms with van der Waals surface area (Å²) in [6.07, 6.45) is 0.612. The van der Waals surface area contributed by atoms with Crippen molar-refractivity contribution in [1.29, 1.82) is 0 Å². The zero-order chi connectivity index (χ0) is 10.8. The van der Waals surface area contributed by atoms with Crippen LogP contribution >= 0.6 is 0 Å². The van der Waals surface area contributed by atoms with Crippen LogP contribution in [-0.2, 0) is 0 Å². The maximum Gasteiger partial charge on any atom is 0.143 e. The SMILES string of the molecule is COc1cc(N2CC[C@@H](O)C2)ccc1N. The molecule has 0 spiro atoms. The number of β-amino-alcohol motifs (C(OH)–C–C–N with tert-alkyl or cyclic N) is 1. The van der Waals surface area contributed by atoms with E-state index in [4.69, 9.17) is 10.5 Å². The van der Waals surface area contributed by atoms with Gasteiger partial charge in [0.05, 0.1) is 18.9 Å². The van der Waals surface area contributed by atoms with Gasteiger partial charge < -0.3 is 20.5 Å². The van der Waals surface area contributed by atoms with Crippen molar-refractivity contribution in [1.82, 2.24) is 0 Å². The lowest BCUT2D eigenvalue weighted by Gasteiger charge is -2.19. The van der Waals surface area contributed by atoms with Crippen LogP contribution < -0.4 is 15.4 Å². The number of hydrogen-bond acceptors (Lipinski definition) is 4. The minimum Gasteiger partial charge on any atom is -0.495 e. The molecule has 0 saturated carbocycles. The van der Waals surface area contributed by atoms with E-state index in [0.29, 0.717) is 18.0 Å². The van der Waals surface area contributed by atoms with E-state index in [1.807, 2.05) is 18.2 Å². The average molecular weight is 208 g/mol. The first-order valence-electron chi connectivity index (χ1n) is 5.07. The Bertz CT molecular complexity index is 354. The summed E-state index contributed by atoms with van der Waals surface area (Å²) in [6.45, 7) is 1.57. The zero-order valence-corrected chi connectivity index (χ0v) is 8.81. The van der Waals surface area contributed by atoms with Gasteiger partial charge in [-0.15, -0.1) is 0 Å². The van der Waals surface area contributed by atoms with Gasteiger partial charge in [-0.1, -0.05) is 0 Å². The van der Waals surface area contributed by atoms with Crippen molar-refractivity contribution in [3.8, 4) is 5.75 Å². The Hall–Kier alpha value is -1.42. The van der Waals surface area contributed by atoms with Gasteiger partial charge >= 0.3 is 0 Å². The third-order valence-corrected chi connectivity index (χ3v) is 2.75. The van der Waals surface area contributed by atoms with Crippen molar-refractivity contribution in [3.05, 3.63) is 18.2 Å². The summed E-state index contributed by atoms with van der Waals surface area (Å²) in [7, 11) is 1.61. The fourth-order valence-electron chi connectivity index (χ4n) is 1.87. The summed E-state index contributed by atoms with van der Waals surface area (Å²) >= 11 is 0. The molecule has 1 aliphatic heterocycles. The van der Waals surface area contributed by atoms with Gasteiger partial charge in [-0.3, -0.25) is 0 Å². The predicted octanol–water partition coefficient (Wildman–Crippen LogP) is 0.848. The molecule has 4 heteroatoms. The summed E-state index contributed by atoms with van der Waals surface area (Å²) in [4.78, 5) is 2.13. The van der Waals surface area contributed by atoms with Crippen molar-refractivity contribution in [2.75, 3.05) is 30.8 Å². The van der Waals surface area contributed by atoms with Crippen LogP contribution in [0.4, 0.5) is 11.4 Å². The Kier molecular flexibility index (Phi) is 2.68. The van der Waals surface area contributed by atoms with Crippen LogP contribution in [0.15, 0.2) is 18.2 Å². The molecule has 1 fully saturated rings. The number of aliphatic hydroxyl groups is 1. The Morgan fingerprint density at radius 2 is 2.33 bits per heavy atom. The molecule has 0 unspecified atom stereocenters. The smallest absolute Gasteiger partial charge is 0.143 e. The maximum atomic E-state index is 9.44. The molecule has 0 aliphatic carbocycles. The minimum absolute atomic E-state index is 0.214. The number of rotatable bonds is 2. The molecule has 0 radical (unpaired) electrons. The number of aliphatic hydroxyl groups excluding tert-OH is 1. The lowest BCUT2D eigenvalue weighted by molar-refractivity contribution is 0.198. The van der Waals surface area contributed by atoms with E-state index in [0.717, 1.165) is 18.7 Å². The first-order valence-corrected chi connectivity index (χ1v) is 5.07. The molecule has 4 nitrogen and oxygen atoms in total. The minimum atomic E-state index is -0.214. The normalized spacial score (nSPS) is 20.7. The molecule has 2 rings (SSSR count). The molecule has 1 aromatic rings. The van der Waals surface area contributed by atoms with Crippen LogP contribution in [0.2, 0.25) is 0 Å². The molecule has 1 aromatic carbocycles. The third-order valence-electron chi connectivity index (χ3n) is 2.75. The summed E-state index contributed by atoms with van der Waals surface area (Å²) in [5.74, 6) is 0.689. The summed E-state index contributed by atoms with van der Waals surface area (Å²) in [5.41, 5.74) is 7.43.